The first kappa shape index (κ1) is 11.8. The van der Waals surface area contributed by atoms with Crippen LogP contribution >= 0.6 is 0 Å². The van der Waals surface area contributed by atoms with Crippen molar-refractivity contribution < 1.29 is 9.26 Å². The molecule has 1 aromatic rings. The molecule has 0 amide bonds. The summed E-state index contributed by atoms with van der Waals surface area (Å²) in [6.07, 6.45) is 4.78. The highest BCUT2D eigenvalue weighted by Crippen LogP contribution is 2.28. The minimum atomic E-state index is -0.0830. The summed E-state index contributed by atoms with van der Waals surface area (Å²) in [5.74, 6) is 1.44. The van der Waals surface area contributed by atoms with Gasteiger partial charge in [-0.2, -0.15) is 4.98 Å². The summed E-state index contributed by atoms with van der Waals surface area (Å²) in [7, 11) is 2.06. The fourth-order valence-electron chi connectivity index (χ4n) is 2.37. The van der Waals surface area contributed by atoms with Crippen molar-refractivity contribution in [2.45, 2.75) is 24.5 Å². The SMILES string of the molecule is CN1CCOC(c2noc(C3C=CC(N)C3)n2)C1. The quantitative estimate of drug-likeness (QED) is 0.768. The van der Waals surface area contributed by atoms with Crippen LogP contribution in [0.1, 0.15) is 30.2 Å². The molecule has 1 aromatic heterocycles. The van der Waals surface area contributed by atoms with Crippen molar-refractivity contribution in [2.24, 2.45) is 5.73 Å². The normalized spacial score (nSPS) is 33.1. The van der Waals surface area contributed by atoms with Gasteiger partial charge < -0.3 is 19.9 Å². The third-order valence-electron chi connectivity index (χ3n) is 3.45. The topological polar surface area (TPSA) is 77.4 Å². The Morgan fingerprint density at radius 2 is 2.33 bits per heavy atom. The molecule has 2 heterocycles. The van der Waals surface area contributed by atoms with Gasteiger partial charge in [-0.25, -0.2) is 0 Å². The summed E-state index contributed by atoms with van der Waals surface area (Å²) in [5, 5.41) is 4.03. The molecule has 1 aliphatic heterocycles. The zero-order valence-electron chi connectivity index (χ0n) is 10.5. The molecule has 6 heteroatoms. The maximum atomic E-state index is 5.82. The van der Waals surface area contributed by atoms with Gasteiger partial charge in [0.15, 0.2) is 0 Å². The Morgan fingerprint density at radius 3 is 3.06 bits per heavy atom. The predicted octanol–water partition coefficient (Wildman–Crippen LogP) is 0.443. The zero-order valence-corrected chi connectivity index (χ0v) is 10.5. The van der Waals surface area contributed by atoms with Crippen molar-refractivity contribution in [3.63, 3.8) is 0 Å². The van der Waals surface area contributed by atoms with Crippen LogP contribution in [0.3, 0.4) is 0 Å². The van der Waals surface area contributed by atoms with Gasteiger partial charge in [0.05, 0.1) is 12.5 Å². The van der Waals surface area contributed by atoms with Crippen LogP contribution in [0.5, 0.6) is 0 Å². The Balaban J connectivity index is 1.71. The first-order valence-electron chi connectivity index (χ1n) is 6.30. The lowest BCUT2D eigenvalue weighted by molar-refractivity contribution is -0.0264. The van der Waals surface area contributed by atoms with E-state index in [9.17, 15) is 0 Å². The Bertz CT molecular complexity index is 445. The lowest BCUT2D eigenvalue weighted by Crippen LogP contribution is -2.35. The minimum Gasteiger partial charge on any atom is -0.367 e. The van der Waals surface area contributed by atoms with E-state index >= 15 is 0 Å². The Kier molecular flexibility index (Phi) is 3.15. The van der Waals surface area contributed by atoms with Crippen molar-refractivity contribution in [1.82, 2.24) is 15.0 Å². The van der Waals surface area contributed by atoms with Gasteiger partial charge >= 0.3 is 0 Å². The average molecular weight is 250 g/mol. The van der Waals surface area contributed by atoms with Crippen molar-refractivity contribution >= 4 is 0 Å². The average Bonchev–Trinajstić information content (AvgIpc) is 2.97. The molecule has 98 valence electrons. The third-order valence-corrected chi connectivity index (χ3v) is 3.45. The smallest absolute Gasteiger partial charge is 0.233 e. The summed E-state index contributed by atoms with van der Waals surface area (Å²) in [4.78, 5) is 6.65. The van der Waals surface area contributed by atoms with E-state index in [0.29, 0.717) is 18.3 Å². The number of morpholine rings is 1. The van der Waals surface area contributed by atoms with Gasteiger partial charge in [0, 0.05) is 19.1 Å². The van der Waals surface area contributed by atoms with Gasteiger partial charge in [-0.1, -0.05) is 17.3 Å². The number of nitrogens with zero attached hydrogens (tertiary/aromatic N) is 3. The molecule has 18 heavy (non-hydrogen) atoms. The predicted molar refractivity (Wildman–Crippen MR) is 65.0 cm³/mol. The second kappa shape index (κ2) is 4.79. The van der Waals surface area contributed by atoms with Gasteiger partial charge in [0.2, 0.25) is 11.7 Å². The maximum Gasteiger partial charge on any atom is 0.233 e. The third kappa shape index (κ3) is 2.31. The molecule has 1 fully saturated rings. The summed E-state index contributed by atoms with van der Waals surface area (Å²) >= 11 is 0. The van der Waals surface area contributed by atoms with Crippen molar-refractivity contribution in [3.8, 4) is 0 Å². The van der Waals surface area contributed by atoms with Crippen molar-refractivity contribution in [1.29, 1.82) is 0 Å². The molecular formula is C12H18N4O2. The van der Waals surface area contributed by atoms with Crippen LogP contribution in [0.15, 0.2) is 16.7 Å². The van der Waals surface area contributed by atoms with E-state index in [4.69, 9.17) is 15.0 Å². The molecule has 0 aromatic carbocycles. The van der Waals surface area contributed by atoms with Gasteiger partial charge in [-0.15, -0.1) is 0 Å². The molecule has 1 saturated heterocycles. The van der Waals surface area contributed by atoms with Gasteiger partial charge in [-0.3, -0.25) is 0 Å². The van der Waals surface area contributed by atoms with E-state index in [1.165, 1.54) is 0 Å². The lowest BCUT2D eigenvalue weighted by Gasteiger charge is -2.27. The summed E-state index contributed by atoms with van der Waals surface area (Å²) in [6, 6.07) is 0.0995. The summed E-state index contributed by atoms with van der Waals surface area (Å²) < 4.78 is 11.0. The molecule has 3 unspecified atom stereocenters. The van der Waals surface area contributed by atoms with Crippen LogP contribution in [-0.2, 0) is 4.74 Å². The standard InChI is InChI=1S/C12H18N4O2/c1-16-4-5-17-10(7-16)11-14-12(18-15-11)8-2-3-9(13)6-8/h2-3,8-10H,4-7,13H2,1H3. The second-order valence-electron chi connectivity index (χ2n) is 5.00. The Labute approximate surface area is 106 Å². The molecule has 6 nitrogen and oxygen atoms in total. The first-order chi connectivity index (χ1) is 8.72. The Hall–Kier alpha value is -1.24. The monoisotopic (exact) mass is 250 g/mol. The fourth-order valence-corrected chi connectivity index (χ4v) is 2.37. The van der Waals surface area contributed by atoms with Crippen LogP contribution < -0.4 is 5.73 Å². The van der Waals surface area contributed by atoms with Gasteiger partial charge in [0.1, 0.15) is 6.10 Å². The molecule has 2 N–H and O–H groups in total. The number of ether oxygens (including phenoxy) is 1. The molecule has 0 radical (unpaired) electrons. The molecular weight excluding hydrogens is 232 g/mol. The number of hydrogen-bond acceptors (Lipinski definition) is 6. The highest BCUT2D eigenvalue weighted by Gasteiger charge is 2.27. The molecule has 0 spiro atoms. The number of allylic oxidation sites excluding steroid dienone is 1. The van der Waals surface area contributed by atoms with Gasteiger partial charge in [0.25, 0.3) is 0 Å². The van der Waals surface area contributed by atoms with Gasteiger partial charge in [-0.05, 0) is 13.5 Å². The number of hydrogen-bond donors (Lipinski definition) is 1. The highest BCUT2D eigenvalue weighted by atomic mass is 16.5. The number of aromatic nitrogens is 2. The van der Waals surface area contributed by atoms with E-state index in [-0.39, 0.29) is 18.1 Å². The van der Waals surface area contributed by atoms with E-state index in [1.807, 2.05) is 12.2 Å². The number of nitrogens with two attached hydrogens (primary N) is 1. The fraction of sp³-hybridized carbons (Fsp3) is 0.667. The zero-order chi connectivity index (χ0) is 12.5. The largest absolute Gasteiger partial charge is 0.367 e. The highest BCUT2D eigenvalue weighted by molar-refractivity contribution is 5.15. The van der Waals surface area contributed by atoms with Crippen LogP contribution in [0, 0.1) is 0 Å². The van der Waals surface area contributed by atoms with Crippen LogP contribution in [0.4, 0.5) is 0 Å². The Morgan fingerprint density at radius 1 is 1.44 bits per heavy atom. The van der Waals surface area contributed by atoms with E-state index in [1.54, 1.807) is 0 Å². The number of rotatable bonds is 2. The summed E-state index contributed by atoms with van der Waals surface area (Å²) in [6.45, 7) is 2.46. The van der Waals surface area contributed by atoms with Crippen LogP contribution in [-0.4, -0.2) is 47.8 Å². The van der Waals surface area contributed by atoms with Crippen molar-refractivity contribution in [3.05, 3.63) is 23.9 Å². The maximum absolute atomic E-state index is 5.82. The lowest BCUT2D eigenvalue weighted by atomic mass is 10.1. The molecule has 1 aliphatic carbocycles. The van der Waals surface area contributed by atoms with Crippen molar-refractivity contribution in [2.75, 3.05) is 26.7 Å². The van der Waals surface area contributed by atoms with E-state index in [2.05, 4.69) is 22.1 Å². The minimum absolute atomic E-state index is 0.0830. The van der Waals surface area contributed by atoms with Crippen LogP contribution in [0.2, 0.25) is 0 Å². The molecule has 0 saturated carbocycles. The second-order valence-corrected chi connectivity index (χ2v) is 5.00. The van der Waals surface area contributed by atoms with E-state index in [0.717, 1.165) is 19.5 Å². The summed E-state index contributed by atoms with van der Waals surface area (Å²) in [5.41, 5.74) is 5.82. The molecule has 3 atom stereocenters. The van der Waals surface area contributed by atoms with Crippen LogP contribution in [0.25, 0.3) is 0 Å². The molecule has 2 aliphatic rings. The van der Waals surface area contributed by atoms with E-state index < -0.39 is 0 Å². The number of likely N-dealkylation sites (N-methyl/N-ethyl adjacent to an activating group) is 1. The molecule has 0 bridgehead atoms. The molecule has 3 rings (SSSR count). The first-order valence-corrected chi connectivity index (χ1v) is 6.30.